The number of halogens is 1. The average molecular weight is 340 g/mol. The summed E-state index contributed by atoms with van der Waals surface area (Å²) in [6.45, 7) is 3.57. The van der Waals surface area contributed by atoms with E-state index in [1.165, 1.54) is 31.4 Å². The van der Waals surface area contributed by atoms with Crippen molar-refractivity contribution >= 4 is 21.6 Å². The molecular weight excluding hydrogens is 318 g/mol. The summed E-state index contributed by atoms with van der Waals surface area (Å²) in [6.07, 6.45) is 4.96. The Labute approximate surface area is 129 Å². The Morgan fingerprint density at radius 3 is 2.90 bits per heavy atom. The van der Waals surface area contributed by atoms with Crippen LogP contribution in [-0.4, -0.2) is 30.4 Å². The lowest BCUT2D eigenvalue weighted by Gasteiger charge is -2.45. The van der Waals surface area contributed by atoms with E-state index in [-0.39, 0.29) is 0 Å². The fourth-order valence-electron chi connectivity index (χ4n) is 3.45. The van der Waals surface area contributed by atoms with Crippen LogP contribution in [0.4, 0.5) is 5.69 Å². The summed E-state index contributed by atoms with van der Waals surface area (Å²) in [6, 6.07) is 6.81. The zero-order chi connectivity index (χ0) is 14.1. The molecule has 1 heterocycles. The number of aliphatic hydroxyl groups excluding tert-OH is 1. The summed E-state index contributed by atoms with van der Waals surface area (Å²) in [5, 5.41) is 9.73. The molecule has 1 saturated carbocycles. The largest absolute Gasteiger partial charge is 0.389 e. The second kappa shape index (κ2) is 6.04. The fourth-order valence-corrected chi connectivity index (χ4v) is 4.15. The van der Waals surface area contributed by atoms with E-state index in [0.29, 0.717) is 12.1 Å². The van der Waals surface area contributed by atoms with Crippen LogP contribution in [0, 0.1) is 0 Å². The third-order valence-corrected chi connectivity index (χ3v) is 5.18. The first kappa shape index (κ1) is 14.4. The van der Waals surface area contributed by atoms with Gasteiger partial charge in [-0.25, -0.2) is 0 Å². The van der Waals surface area contributed by atoms with Crippen molar-refractivity contribution in [3.05, 3.63) is 28.2 Å². The van der Waals surface area contributed by atoms with Gasteiger partial charge in [0.05, 0.1) is 24.9 Å². The molecule has 20 heavy (non-hydrogen) atoms. The summed E-state index contributed by atoms with van der Waals surface area (Å²) in [5.41, 5.74) is 2.18. The number of rotatable bonds is 2. The minimum Gasteiger partial charge on any atom is -0.389 e. The molecule has 0 spiro atoms. The van der Waals surface area contributed by atoms with Crippen molar-refractivity contribution < 1.29 is 9.84 Å². The number of benzene rings is 1. The van der Waals surface area contributed by atoms with Gasteiger partial charge >= 0.3 is 0 Å². The number of aliphatic hydroxyl groups is 1. The fraction of sp³-hybridized carbons (Fsp3) is 0.625. The van der Waals surface area contributed by atoms with Crippen LogP contribution in [0.1, 0.15) is 44.3 Å². The van der Waals surface area contributed by atoms with Crippen LogP contribution < -0.4 is 4.90 Å². The van der Waals surface area contributed by atoms with Gasteiger partial charge in [0.15, 0.2) is 0 Å². The molecule has 0 bridgehead atoms. The smallest absolute Gasteiger partial charge is 0.0779 e. The van der Waals surface area contributed by atoms with Crippen LogP contribution >= 0.6 is 15.9 Å². The van der Waals surface area contributed by atoms with Crippen LogP contribution in [0.25, 0.3) is 0 Å². The third kappa shape index (κ3) is 2.74. The van der Waals surface area contributed by atoms with Crippen molar-refractivity contribution in [3.8, 4) is 0 Å². The molecule has 110 valence electrons. The number of morpholine rings is 1. The first-order valence-corrected chi connectivity index (χ1v) is 8.32. The quantitative estimate of drug-likeness (QED) is 0.892. The predicted molar refractivity (Wildman–Crippen MR) is 84.1 cm³/mol. The van der Waals surface area contributed by atoms with E-state index in [2.05, 4.69) is 33.0 Å². The summed E-state index contributed by atoms with van der Waals surface area (Å²) in [7, 11) is 0. The molecule has 3 rings (SSSR count). The Hall–Kier alpha value is -0.580. The van der Waals surface area contributed by atoms with E-state index in [4.69, 9.17) is 4.74 Å². The average Bonchev–Trinajstić information content (AvgIpc) is 2.46. The highest BCUT2D eigenvalue weighted by atomic mass is 79.9. The Morgan fingerprint density at radius 1 is 1.35 bits per heavy atom. The molecule has 0 aromatic heterocycles. The lowest BCUT2D eigenvalue weighted by Crippen LogP contribution is -2.52. The van der Waals surface area contributed by atoms with Crippen molar-refractivity contribution in [1.82, 2.24) is 0 Å². The van der Waals surface area contributed by atoms with Crippen molar-refractivity contribution in [3.63, 3.8) is 0 Å². The molecule has 0 amide bonds. The standard InChI is InChI=1S/C16H22BrNO2/c1-11(19)13-7-6-12(10-14(13)17)18-8-9-20-16-5-3-2-4-15(16)18/h6-7,10-11,15-16,19H,2-5,8-9H2,1H3/t11-,15?,16?/m0/s1. The van der Waals surface area contributed by atoms with Gasteiger partial charge in [0.1, 0.15) is 0 Å². The van der Waals surface area contributed by atoms with Gasteiger partial charge < -0.3 is 14.7 Å². The van der Waals surface area contributed by atoms with E-state index in [0.717, 1.165) is 23.2 Å². The summed E-state index contributed by atoms with van der Waals surface area (Å²) >= 11 is 3.58. The normalized spacial score (nSPS) is 28.1. The van der Waals surface area contributed by atoms with Crippen molar-refractivity contribution in [2.24, 2.45) is 0 Å². The van der Waals surface area contributed by atoms with E-state index in [9.17, 15) is 5.11 Å². The molecule has 1 aromatic rings. The molecule has 2 unspecified atom stereocenters. The molecule has 1 aliphatic heterocycles. The molecule has 2 fully saturated rings. The predicted octanol–water partition coefficient (Wildman–Crippen LogP) is 3.65. The van der Waals surface area contributed by atoms with E-state index < -0.39 is 6.10 Å². The number of anilines is 1. The van der Waals surface area contributed by atoms with Gasteiger partial charge in [-0.3, -0.25) is 0 Å². The monoisotopic (exact) mass is 339 g/mol. The van der Waals surface area contributed by atoms with Gasteiger partial charge in [-0.2, -0.15) is 0 Å². The molecule has 3 nitrogen and oxygen atoms in total. The van der Waals surface area contributed by atoms with Gasteiger partial charge in [0.2, 0.25) is 0 Å². The van der Waals surface area contributed by atoms with Gasteiger partial charge in [0.25, 0.3) is 0 Å². The topological polar surface area (TPSA) is 32.7 Å². The van der Waals surface area contributed by atoms with Crippen molar-refractivity contribution in [1.29, 1.82) is 0 Å². The van der Waals surface area contributed by atoms with Crippen molar-refractivity contribution in [2.45, 2.75) is 50.9 Å². The molecule has 2 aliphatic rings. The van der Waals surface area contributed by atoms with Gasteiger partial charge in [-0.15, -0.1) is 0 Å². The summed E-state index contributed by atoms with van der Waals surface area (Å²) in [5.74, 6) is 0. The van der Waals surface area contributed by atoms with Crippen molar-refractivity contribution in [2.75, 3.05) is 18.1 Å². The summed E-state index contributed by atoms with van der Waals surface area (Å²) in [4.78, 5) is 2.49. The first-order chi connectivity index (χ1) is 9.66. The Kier molecular flexibility index (Phi) is 4.34. The molecule has 1 N–H and O–H groups in total. The van der Waals surface area contributed by atoms with Crippen LogP contribution in [0.3, 0.4) is 0 Å². The number of hydrogen-bond donors (Lipinski definition) is 1. The molecule has 3 atom stereocenters. The highest BCUT2D eigenvalue weighted by Gasteiger charge is 2.34. The Balaban J connectivity index is 1.85. The van der Waals surface area contributed by atoms with Crippen LogP contribution in [0.15, 0.2) is 22.7 Å². The van der Waals surface area contributed by atoms with E-state index >= 15 is 0 Å². The van der Waals surface area contributed by atoms with Gasteiger partial charge in [-0.1, -0.05) is 34.8 Å². The Bertz CT molecular complexity index is 476. The minimum atomic E-state index is -0.439. The van der Waals surface area contributed by atoms with E-state index in [1.54, 1.807) is 6.92 Å². The third-order valence-electron chi connectivity index (χ3n) is 4.50. The summed E-state index contributed by atoms with van der Waals surface area (Å²) < 4.78 is 6.92. The maximum atomic E-state index is 9.73. The SMILES string of the molecule is C[C@H](O)c1ccc(N2CCOC3CCCCC32)cc1Br. The van der Waals surface area contributed by atoms with E-state index in [1.807, 2.05) is 6.07 Å². The molecular formula is C16H22BrNO2. The molecule has 0 radical (unpaired) electrons. The molecule has 4 heteroatoms. The second-order valence-corrected chi connectivity index (χ2v) is 6.69. The minimum absolute atomic E-state index is 0.396. The highest BCUT2D eigenvalue weighted by Crippen LogP contribution is 2.34. The number of nitrogens with zero attached hydrogens (tertiary/aromatic N) is 1. The van der Waals surface area contributed by atoms with Crippen LogP contribution in [-0.2, 0) is 4.74 Å². The maximum Gasteiger partial charge on any atom is 0.0779 e. The maximum absolute atomic E-state index is 9.73. The zero-order valence-electron chi connectivity index (χ0n) is 11.9. The Morgan fingerprint density at radius 2 is 2.15 bits per heavy atom. The van der Waals surface area contributed by atoms with Crippen LogP contribution in [0.5, 0.6) is 0 Å². The van der Waals surface area contributed by atoms with Gasteiger partial charge in [0, 0.05) is 16.7 Å². The van der Waals surface area contributed by atoms with Gasteiger partial charge in [-0.05, 0) is 37.5 Å². The lowest BCUT2D eigenvalue weighted by atomic mass is 9.89. The first-order valence-electron chi connectivity index (χ1n) is 7.52. The number of fused-ring (bicyclic) bond motifs is 1. The molecule has 1 saturated heterocycles. The molecule has 1 aromatic carbocycles. The lowest BCUT2D eigenvalue weighted by molar-refractivity contribution is -0.00868. The number of ether oxygens (including phenoxy) is 1. The zero-order valence-corrected chi connectivity index (χ0v) is 13.5. The van der Waals surface area contributed by atoms with Crippen LogP contribution in [0.2, 0.25) is 0 Å². The second-order valence-electron chi connectivity index (χ2n) is 5.84. The number of hydrogen-bond acceptors (Lipinski definition) is 3. The highest BCUT2D eigenvalue weighted by molar-refractivity contribution is 9.10. The molecule has 1 aliphatic carbocycles.